The molecule has 1 N–H and O–H groups in total. The second-order valence-electron chi connectivity index (χ2n) is 5.54. The standard InChI is InChI=1S/C15H30O2/c1-3-4-5-6-7-8-9-10-14(16)15-12-11-13(2)17-15/h13-16H,3-12H2,1-2H3. The largest absolute Gasteiger partial charge is 0.390 e. The highest BCUT2D eigenvalue weighted by Crippen LogP contribution is 2.24. The van der Waals surface area contributed by atoms with Crippen LogP contribution >= 0.6 is 0 Å². The molecule has 2 heteroatoms. The molecular weight excluding hydrogens is 212 g/mol. The Morgan fingerprint density at radius 2 is 1.71 bits per heavy atom. The highest BCUT2D eigenvalue weighted by molar-refractivity contribution is 4.77. The molecule has 0 amide bonds. The molecule has 0 aromatic rings. The number of aliphatic hydroxyl groups is 1. The maximum Gasteiger partial charge on any atom is 0.0838 e. The number of hydrogen-bond donors (Lipinski definition) is 1. The van der Waals surface area contributed by atoms with E-state index in [4.69, 9.17) is 4.74 Å². The van der Waals surface area contributed by atoms with Crippen LogP contribution in [-0.2, 0) is 4.74 Å². The topological polar surface area (TPSA) is 29.5 Å². The summed E-state index contributed by atoms with van der Waals surface area (Å²) in [6.45, 7) is 4.35. The van der Waals surface area contributed by atoms with Crippen LogP contribution in [-0.4, -0.2) is 23.4 Å². The van der Waals surface area contributed by atoms with E-state index in [1.54, 1.807) is 0 Å². The average Bonchev–Trinajstić information content (AvgIpc) is 2.74. The molecule has 0 aromatic carbocycles. The first-order valence-corrected chi connectivity index (χ1v) is 7.57. The van der Waals surface area contributed by atoms with E-state index in [0.29, 0.717) is 6.10 Å². The third-order valence-corrected chi connectivity index (χ3v) is 3.80. The number of rotatable bonds is 9. The Morgan fingerprint density at radius 3 is 2.29 bits per heavy atom. The molecular formula is C15H30O2. The van der Waals surface area contributed by atoms with Crippen molar-refractivity contribution >= 4 is 0 Å². The highest BCUT2D eigenvalue weighted by Gasteiger charge is 2.27. The summed E-state index contributed by atoms with van der Waals surface area (Å²) in [5.74, 6) is 0. The molecule has 1 rings (SSSR count). The molecule has 1 aliphatic heterocycles. The van der Waals surface area contributed by atoms with Crippen LogP contribution in [0.3, 0.4) is 0 Å². The Bertz CT molecular complexity index is 182. The van der Waals surface area contributed by atoms with Gasteiger partial charge in [0.2, 0.25) is 0 Å². The van der Waals surface area contributed by atoms with Gasteiger partial charge in [0.1, 0.15) is 0 Å². The van der Waals surface area contributed by atoms with Gasteiger partial charge < -0.3 is 9.84 Å². The average molecular weight is 242 g/mol. The van der Waals surface area contributed by atoms with Crippen molar-refractivity contribution in [3.8, 4) is 0 Å². The molecule has 1 aliphatic rings. The number of aliphatic hydroxyl groups excluding tert-OH is 1. The fourth-order valence-corrected chi connectivity index (χ4v) is 2.61. The lowest BCUT2D eigenvalue weighted by Gasteiger charge is -2.18. The summed E-state index contributed by atoms with van der Waals surface area (Å²) in [6, 6.07) is 0. The van der Waals surface area contributed by atoms with Gasteiger partial charge in [0.15, 0.2) is 0 Å². The van der Waals surface area contributed by atoms with Gasteiger partial charge in [0, 0.05) is 0 Å². The Balaban J connectivity index is 1.91. The van der Waals surface area contributed by atoms with Crippen molar-refractivity contribution < 1.29 is 9.84 Å². The lowest BCUT2D eigenvalue weighted by atomic mass is 10.0. The fourth-order valence-electron chi connectivity index (χ4n) is 2.61. The molecule has 0 radical (unpaired) electrons. The van der Waals surface area contributed by atoms with E-state index in [0.717, 1.165) is 25.7 Å². The molecule has 0 spiro atoms. The van der Waals surface area contributed by atoms with Crippen molar-refractivity contribution in [2.45, 2.75) is 96.4 Å². The summed E-state index contributed by atoms with van der Waals surface area (Å²) in [4.78, 5) is 0. The summed E-state index contributed by atoms with van der Waals surface area (Å²) in [7, 11) is 0. The summed E-state index contributed by atoms with van der Waals surface area (Å²) in [5, 5.41) is 9.98. The molecule has 0 saturated carbocycles. The first kappa shape index (κ1) is 15.0. The normalized spacial score (nSPS) is 26.3. The van der Waals surface area contributed by atoms with E-state index in [2.05, 4.69) is 13.8 Å². The summed E-state index contributed by atoms with van der Waals surface area (Å²) in [5.41, 5.74) is 0. The van der Waals surface area contributed by atoms with Crippen LogP contribution in [0.2, 0.25) is 0 Å². The molecule has 0 bridgehead atoms. The van der Waals surface area contributed by atoms with Crippen molar-refractivity contribution in [2.24, 2.45) is 0 Å². The van der Waals surface area contributed by atoms with E-state index < -0.39 is 0 Å². The lowest BCUT2D eigenvalue weighted by Crippen LogP contribution is -2.25. The number of unbranched alkanes of at least 4 members (excludes halogenated alkanes) is 6. The zero-order chi connectivity index (χ0) is 12.5. The predicted octanol–water partition coefficient (Wildman–Crippen LogP) is 4.06. The van der Waals surface area contributed by atoms with Gasteiger partial charge >= 0.3 is 0 Å². The Morgan fingerprint density at radius 1 is 1.06 bits per heavy atom. The van der Waals surface area contributed by atoms with Crippen molar-refractivity contribution in [3.05, 3.63) is 0 Å². The van der Waals surface area contributed by atoms with Crippen LogP contribution in [0, 0.1) is 0 Å². The summed E-state index contributed by atoms with van der Waals surface area (Å²) >= 11 is 0. The molecule has 1 fully saturated rings. The first-order chi connectivity index (χ1) is 8.24. The Hall–Kier alpha value is -0.0800. The van der Waals surface area contributed by atoms with E-state index in [9.17, 15) is 5.11 Å². The number of ether oxygens (including phenoxy) is 1. The molecule has 3 atom stereocenters. The van der Waals surface area contributed by atoms with Crippen molar-refractivity contribution in [2.75, 3.05) is 0 Å². The molecule has 3 unspecified atom stereocenters. The fraction of sp³-hybridized carbons (Fsp3) is 1.00. The highest BCUT2D eigenvalue weighted by atomic mass is 16.5. The van der Waals surface area contributed by atoms with E-state index >= 15 is 0 Å². The van der Waals surface area contributed by atoms with Crippen LogP contribution in [0.5, 0.6) is 0 Å². The minimum absolute atomic E-state index is 0.116. The van der Waals surface area contributed by atoms with Crippen LogP contribution in [0.15, 0.2) is 0 Å². The van der Waals surface area contributed by atoms with Crippen molar-refractivity contribution in [1.29, 1.82) is 0 Å². The zero-order valence-electron chi connectivity index (χ0n) is 11.7. The third kappa shape index (κ3) is 6.42. The third-order valence-electron chi connectivity index (χ3n) is 3.80. The second-order valence-corrected chi connectivity index (χ2v) is 5.54. The van der Waals surface area contributed by atoms with Gasteiger partial charge in [0.25, 0.3) is 0 Å². The second kappa shape index (κ2) is 8.93. The summed E-state index contributed by atoms with van der Waals surface area (Å²) < 4.78 is 5.68. The minimum Gasteiger partial charge on any atom is -0.390 e. The van der Waals surface area contributed by atoms with Crippen LogP contribution in [0.1, 0.15) is 78.1 Å². The molecule has 17 heavy (non-hydrogen) atoms. The Labute approximate surface area is 107 Å². The minimum atomic E-state index is -0.226. The van der Waals surface area contributed by atoms with Crippen molar-refractivity contribution in [3.63, 3.8) is 0 Å². The van der Waals surface area contributed by atoms with Gasteiger partial charge in [-0.25, -0.2) is 0 Å². The number of hydrogen-bond acceptors (Lipinski definition) is 2. The Kier molecular flexibility index (Phi) is 7.87. The lowest BCUT2D eigenvalue weighted by molar-refractivity contribution is -0.0322. The summed E-state index contributed by atoms with van der Waals surface area (Å²) in [6.07, 6.45) is 12.5. The maximum atomic E-state index is 9.98. The van der Waals surface area contributed by atoms with Crippen LogP contribution in [0.4, 0.5) is 0 Å². The first-order valence-electron chi connectivity index (χ1n) is 7.57. The van der Waals surface area contributed by atoms with Crippen LogP contribution < -0.4 is 0 Å². The predicted molar refractivity (Wildman–Crippen MR) is 72.2 cm³/mol. The van der Waals surface area contributed by atoms with Gasteiger partial charge in [-0.05, 0) is 26.2 Å². The van der Waals surface area contributed by atoms with E-state index in [1.165, 1.54) is 38.5 Å². The molecule has 0 aromatic heterocycles. The van der Waals surface area contributed by atoms with Gasteiger partial charge in [-0.1, -0.05) is 51.9 Å². The molecule has 1 saturated heterocycles. The maximum absolute atomic E-state index is 9.98. The van der Waals surface area contributed by atoms with Crippen molar-refractivity contribution in [1.82, 2.24) is 0 Å². The molecule has 1 heterocycles. The van der Waals surface area contributed by atoms with Gasteiger partial charge in [-0.2, -0.15) is 0 Å². The quantitative estimate of drug-likeness (QED) is 0.618. The van der Waals surface area contributed by atoms with E-state index in [1.807, 2.05) is 0 Å². The molecule has 0 aliphatic carbocycles. The van der Waals surface area contributed by atoms with E-state index in [-0.39, 0.29) is 12.2 Å². The van der Waals surface area contributed by atoms with Crippen LogP contribution in [0.25, 0.3) is 0 Å². The molecule has 2 nitrogen and oxygen atoms in total. The van der Waals surface area contributed by atoms with Gasteiger partial charge in [0.05, 0.1) is 18.3 Å². The van der Waals surface area contributed by atoms with Gasteiger partial charge in [-0.3, -0.25) is 0 Å². The van der Waals surface area contributed by atoms with Gasteiger partial charge in [-0.15, -0.1) is 0 Å². The monoisotopic (exact) mass is 242 g/mol. The smallest absolute Gasteiger partial charge is 0.0838 e. The molecule has 102 valence electrons. The SMILES string of the molecule is CCCCCCCCCC(O)C1CCC(C)O1. The zero-order valence-corrected chi connectivity index (χ0v) is 11.7.